The highest BCUT2D eigenvalue weighted by molar-refractivity contribution is 6.10. The summed E-state index contributed by atoms with van der Waals surface area (Å²) in [5.41, 5.74) is 0.591. The van der Waals surface area contributed by atoms with Gasteiger partial charge in [-0.1, -0.05) is 24.3 Å². The SMILES string of the molecule is CCN(C(=O)c1c(CO)c2c(N(C)CC(O)C(O)C(O)C(O)CO)cccc2[nH]c1=O)c1ccccc1. The summed E-state index contributed by atoms with van der Waals surface area (Å²) in [6.45, 7) is 0.399. The molecule has 0 aliphatic carbocycles. The quantitative estimate of drug-likeness (QED) is 0.178. The number of likely N-dealkylation sites (N-methyl/N-ethyl adjacent to an activating group) is 1. The maximum Gasteiger partial charge on any atom is 0.264 e. The minimum Gasteiger partial charge on any atom is -0.394 e. The molecule has 11 nitrogen and oxygen atoms in total. The zero-order chi connectivity index (χ0) is 27.3. The van der Waals surface area contributed by atoms with E-state index in [0.717, 1.165) is 0 Å². The molecule has 0 aliphatic heterocycles. The molecule has 0 aliphatic rings. The second-order valence-electron chi connectivity index (χ2n) is 8.73. The van der Waals surface area contributed by atoms with Gasteiger partial charge in [0.05, 0.1) is 24.8 Å². The van der Waals surface area contributed by atoms with Crippen LogP contribution in [0.5, 0.6) is 0 Å². The van der Waals surface area contributed by atoms with Crippen LogP contribution < -0.4 is 15.4 Å². The first-order valence-electron chi connectivity index (χ1n) is 11.9. The molecule has 200 valence electrons. The fourth-order valence-corrected chi connectivity index (χ4v) is 4.35. The first-order chi connectivity index (χ1) is 17.7. The molecule has 4 unspecified atom stereocenters. The van der Waals surface area contributed by atoms with Gasteiger partial charge >= 0.3 is 0 Å². The highest BCUT2D eigenvalue weighted by atomic mass is 16.4. The van der Waals surface area contributed by atoms with E-state index in [1.54, 1.807) is 62.5 Å². The number of benzene rings is 2. The molecule has 2 aromatic carbocycles. The van der Waals surface area contributed by atoms with Crippen LogP contribution in [0.2, 0.25) is 0 Å². The predicted octanol–water partition coefficient (Wildman–Crippen LogP) is -0.441. The Morgan fingerprint density at radius 2 is 1.59 bits per heavy atom. The van der Waals surface area contributed by atoms with Crippen LogP contribution in [0.15, 0.2) is 53.3 Å². The number of aromatic amines is 1. The molecule has 4 atom stereocenters. The fourth-order valence-electron chi connectivity index (χ4n) is 4.35. The van der Waals surface area contributed by atoms with Crippen molar-refractivity contribution in [1.29, 1.82) is 0 Å². The molecule has 11 heteroatoms. The summed E-state index contributed by atoms with van der Waals surface area (Å²) in [5.74, 6) is -0.588. The van der Waals surface area contributed by atoms with Crippen molar-refractivity contribution in [3.8, 4) is 0 Å². The van der Waals surface area contributed by atoms with Gasteiger partial charge in [-0.25, -0.2) is 0 Å². The summed E-state index contributed by atoms with van der Waals surface area (Å²) in [5, 5.41) is 59.9. The summed E-state index contributed by atoms with van der Waals surface area (Å²) < 4.78 is 0. The summed E-state index contributed by atoms with van der Waals surface area (Å²) in [4.78, 5) is 32.3. The molecule has 0 bridgehead atoms. The normalized spacial score (nSPS) is 14.7. The van der Waals surface area contributed by atoms with Gasteiger partial charge in [0.1, 0.15) is 23.9 Å². The second-order valence-corrected chi connectivity index (χ2v) is 8.73. The number of carbonyl (C=O) groups excluding carboxylic acids is 1. The molecule has 0 spiro atoms. The number of anilines is 2. The van der Waals surface area contributed by atoms with E-state index in [2.05, 4.69) is 4.98 Å². The van der Waals surface area contributed by atoms with E-state index in [0.29, 0.717) is 22.3 Å². The van der Waals surface area contributed by atoms with E-state index < -0.39 is 49.1 Å². The van der Waals surface area contributed by atoms with Crippen molar-refractivity contribution in [3.63, 3.8) is 0 Å². The fraction of sp³-hybridized carbons (Fsp3) is 0.385. The Morgan fingerprint density at radius 3 is 2.19 bits per heavy atom. The van der Waals surface area contributed by atoms with E-state index >= 15 is 0 Å². The van der Waals surface area contributed by atoms with Gasteiger partial charge in [-0.2, -0.15) is 0 Å². The zero-order valence-electron chi connectivity index (χ0n) is 20.7. The van der Waals surface area contributed by atoms with Gasteiger partial charge in [0.15, 0.2) is 0 Å². The zero-order valence-corrected chi connectivity index (χ0v) is 20.7. The number of pyridine rings is 1. The number of nitrogens with one attached hydrogen (secondary N) is 1. The van der Waals surface area contributed by atoms with Crippen LogP contribution in [0.1, 0.15) is 22.8 Å². The number of H-pyrrole nitrogens is 1. The minimum absolute atomic E-state index is 0.103. The third-order valence-corrected chi connectivity index (χ3v) is 6.32. The molecule has 0 radical (unpaired) electrons. The summed E-state index contributed by atoms with van der Waals surface area (Å²) >= 11 is 0. The third kappa shape index (κ3) is 5.82. The minimum atomic E-state index is -1.78. The molecular weight excluding hydrogens is 482 g/mol. The van der Waals surface area contributed by atoms with Crippen LogP contribution in [-0.4, -0.2) is 92.7 Å². The Kier molecular flexibility index (Phi) is 9.38. The second kappa shape index (κ2) is 12.3. The topological polar surface area (TPSA) is 178 Å². The Bertz CT molecular complexity index is 1270. The Balaban J connectivity index is 2.07. The summed E-state index contributed by atoms with van der Waals surface area (Å²) in [6.07, 6.45) is -6.73. The number of hydrogen-bond acceptors (Lipinski definition) is 9. The van der Waals surface area contributed by atoms with Gasteiger partial charge in [0.2, 0.25) is 0 Å². The number of nitrogens with zero attached hydrogens (tertiary/aromatic N) is 2. The highest BCUT2D eigenvalue weighted by Gasteiger charge is 2.31. The predicted molar refractivity (Wildman–Crippen MR) is 139 cm³/mol. The highest BCUT2D eigenvalue weighted by Crippen LogP contribution is 2.30. The van der Waals surface area contributed by atoms with Crippen molar-refractivity contribution >= 4 is 28.2 Å². The molecule has 0 saturated carbocycles. The Hall–Kier alpha value is -3.32. The van der Waals surface area contributed by atoms with Crippen LogP contribution in [0, 0.1) is 0 Å². The molecule has 1 aromatic heterocycles. The molecule has 0 fully saturated rings. The van der Waals surface area contributed by atoms with Crippen LogP contribution in [0.3, 0.4) is 0 Å². The number of aromatic nitrogens is 1. The van der Waals surface area contributed by atoms with E-state index in [9.17, 15) is 35.1 Å². The third-order valence-electron chi connectivity index (χ3n) is 6.32. The van der Waals surface area contributed by atoms with Gasteiger partial charge in [-0.15, -0.1) is 0 Å². The van der Waals surface area contributed by atoms with E-state index in [1.807, 2.05) is 0 Å². The lowest BCUT2D eigenvalue weighted by Crippen LogP contribution is -2.49. The lowest BCUT2D eigenvalue weighted by molar-refractivity contribution is -0.112. The average molecular weight is 516 g/mol. The van der Waals surface area contributed by atoms with Gasteiger partial charge in [0.25, 0.3) is 11.5 Å². The molecule has 1 heterocycles. The van der Waals surface area contributed by atoms with Crippen LogP contribution in [0.25, 0.3) is 10.9 Å². The van der Waals surface area contributed by atoms with E-state index in [4.69, 9.17) is 5.11 Å². The van der Waals surface area contributed by atoms with Gasteiger partial charge in [-0.3, -0.25) is 9.59 Å². The number of para-hydroxylation sites is 1. The van der Waals surface area contributed by atoms with Gasteiger partial charge < -0.3 is 45.4 Å². The average Bonchev–Trinajstić information content (AvgIpc) is 2.91. The van der Waals surface area contributed by atoms with Gasteiger partial charge in [0, 0.05) is 42.5 Å². The first kappa shape index (κ1) is 28.3. The standard InChI is InChI=1S/C26H33N3O8/c1-3-29(15-8-5-4-6-9-15)26(37)22-16(13-30)21-17(27-25(22)36)10-7-11-18(21)28(2)12-19(32)23(34)24(35)20(33)14-31/h4-11,19-20,23-24,30-35H,3,12-14H2,1-2H3,(H,27,36). The number of amides is 1. The molecule has 0 saturated heterocycles. The number of hydrogen-bond donors (Lipinski definition) is 7. The number of aliphatic hydroxyl groups excluding tert-OH is 6. The number of rotatable bonds is 11. The first-order valence-corrected chi connectivity index (χ1v) is 11.9. The lowest BCUT2D eigenvalue weighted by Gasteiger charge is -2.30. The summed E-state index contributed by atoms with van der Waals surface area (Å²) in [7, 11) is 1.58. The van der Waals surface area contributed by atoms with Crippen molar-refractivity contribution in [3.05, 3.63) is 70.0 Å². The number of carbonyl (C=O) groups is 1. The number of fused-ring (bicyclic) bond motifs is 1. The van der Waals surface area contributed by atoms with Crippen molar-refractivity contribution in [1.82, 2.24) is 4.98 Å². The van der Waals surface area contributed by atoms with Crippen molar-refractivity contribution in [2.75, 3.05) is 36.5 Å². The molecule has 1 amide bonds. The van der Waals surface area contributed by atoms with Crippen molar-refractivity contribution in [2.45, 2.75) is 37.9 Å². The Labute approximate surface area is 213 Å². The van der Waals surface area contributed by atoms with Gasteiger partial charge in [-0.05, 0) is 31.2 Å². The smallest absolute Gasteiger partial charge is 0.264 e. The largest absolute Gasteiger partial charge is 0.394 e. The van der Waals surface area contributed by atoms with Crippen molar-refractivity contribution < 1.29 is 35.4 Å². The lowest BCUT2D eigenvalue weighted by atomic mass is 9.99. The van der Waals surface area contributed by atoms with Crippen LogP contribution >= 0.6 is 0 Å². The molecule has 3 rings (SSSR count). The Morgan fingerprint density at radius 1 is 0.946 bits per heavy atom. The monoisotopic (exact) mass is 515 g/mol. The molecule has 37 heavy (non-hydrogen) atoms. The van der Waals surface area contributed by atoms with E-state index in [1.165, 1.54) is 9.80 Å². The maximum absolute atomic E-state index is 13.6. The summed E-state index contributed by atoms with van der Waals surface area (Å²) in [6, 6.07) is 13.7. The molecular formula is C26H33N3O8. The molecule has 7 N–H and O–H groups in total. The van der Waals surface area contributed by atoms with Crippen LogP contribution in [0.4, 0.5) is 11.4 Å². The van der Waals surface area contributed by atoms with Crippen molar-refractivity contribution in [2.24, 2.45) is 0 Å². The van der Waals surface area contributed by atoms with Crippen LogP contribution in [-0.2, 0) is 6.61 Å². The van der Waals surface area contributed by atoms with E-state index in [-0.39, 0.29) is 24.2 Å². The maximum atomic E-state index is 13.6. The molecule has 3 aromatic rings. The number of aliphatic hydroxyl groups is 6.